The number of benzene rings is 1. The number of ether oxygens (including phenoxy) is 1. The van der Waals surface area contributed by atoms with E-state index in [0.29, 0.717) is 0 Å². The molecular weight excluding hydrogens is 242 g/mol. The van der Waals surface area contributed by atoms with Crippen LogP contribution in [0.5, 0.6) is 0 Å². The van der Waals surface area contributed by atoms with Gasteiger partial charge in [-0.25, -0.2) is 13.6 Å². The van der Waals surface area contributed by atoms with Gasteiger partial charge in [0.05, 0.1) is 23.7 Å². The van der Waals surface area contributed by atoms with Crippen molar-refractivity contribution in [2.75, 3.05) is 19.5 Å². The van der Waals surface area contributed by atoms with Gasteiger partial charge in [-0.15, -0.1) is 0 Å². The van der Waals surface area contributed by atoms with Crippen LogP contribution in [0.1, 0.15) is 10.4 Å². The predicted octanol–water partition coefficient (Wildman–Crippen LogP) is 2.34. The molecule has 0 aliphatic rings. The number of nitrogens with one attached hydrogen (secondary N) is 1. The van der Waals surface area contributed by atoms with E-state index < -0.39 is 17.6 Å². The van der Waals surface area contributed by atoms with Gasteiger partial charge in [0.15, 0.2) is 0 Å². The Bertz CT molecular complexity index is 629. The van der Waals surface area contributed by atoms with Crippen molar-refractivity contribution in [1.29, 1.82) is 0 Å². The fraction of sp³-hybridized carbons (Fsp3) is 0.167. The Morgan fingerprint density at radius 1 is 1.39 bits per heavy atom. The van der Waals surface area contributed by atoms with Crippen LogP contribution in [-0.2, 0) is 4.74 Å². The van der Waals surface area contributed by atoms with Crippen molar-refractivity contribution in [2.45, 2.75) is 0 Å². The van der Waals surface area contributed by atoms with Gasteiger partial charge in [0.2, 0.25) is 0 Å². The molecule has 0 aliphatic heterocycles. The van der Waals surface area contributed by atoms with E-state index >= 15 is 0 Å². The molecule has 0 radical (unpaired) electrons. The van der Waals surface area contributed by atoms with Crippen LogP contribution in [0.25, 0.3) is 10.9 Å². The standard InChI is InChI=1S/C12H10F2N2O2/c1-15-11-7(12(17)18-2)5-16-9-4-6(13)3-8(14)10(9)11/h3-5H,1-2H3,(H,15,16). The number of fused-ring (bicyclic) bond motifs is 1. The predicted molar refractivity (Wildman–Crippen MR) is 62.5 cm³/mol. The topological polar surface area (TPSA) is 51.2 Å². The third-order valence-corrected chi connectivity index (χ3v) is 2.54. The van der Waals surface area contributed by atoms with Gasteiger partial charge in [0.1, 0.15) is 17.2 Å². The van der Waals surface area contributed by atoms with Gasteiger partial charge in [-0.2, -0.15) is 0 Å². The third-order valence-electron chi connectivity index (χ3n) is 2.54. The Balaban J connectivity index is 2.83. The number of aromatic nitrogens is 1. The quantitative estimate of drug-likeness (QED) is 0.833. The SMILES string of the molecule is CNc1c(C(=O)OC)cnc2cc(F)cc(F)c12. The van der Waals surface area contributed by atoms with Gasteiger partial charge in [0, 0.05) is 25.4 Å². The molecule has 2 rings (SSSR count). The van der Waals surface area contributed by atoms with Gasteiger partial charge >= 0.3 is 5.97 Å². The molecule has 0 saturated carbocycles. The lowest BCUT2D eigenvalue weighted by molar-refractivity contribution is 0.0601. The van der Waals surface area contributed by atoms with Crippen LogP contribution in [0.15, 0.2) is 18.3 Å². The fourth-order valence-corrected chi connectivity index (χ4v) is 1.77. The number of anilines is 1. The second kappa shape index (κ2) is 4.56. The van der Waals surface area contributed by atoms with Gasteiger partial charge in [0.25, 0.3) is 0 Å². The fourth-order valence-electron chi connectivity index (χ4n) is 1.77. The van der Waals surface area contributed by atoms with Crippen LogP contribution in [0.3, 0.4) is 0 Å². The number of esters is 1. The third kappa shape index (κ3) is 1.85. The van der Waals surface area contributed by atoms with Crippen molar-refractivity contribution in [3.8, 4) is 0 Å². The molecule has 0 fully saturated rings. The first-order valence-corrected chi connectivity index (χ1v) is 5.12. The summed E-state index contributed by atoms with van der Waals surface area (Å²) >= 11 is 0. The largest absolute Gasteiger partial charge is 0.465 e. The van der Waals surface area contributed by atoms with E-state index in [4.69, 9.17) is 0 Å². The zero-order valence-corrected chi connectivity index (χ0v) is 9.75. The van der Waals surface area contributed by atoms with E-state index in [1.54, 1.807) is 0 Å². The Hall–Kier alpha value is -2.24. The molecule has 1 aromatic carbocycles. The maximum atomic E-state index is 13.8. The molecule has 4 nitrogen and oxygen atoms in total. The summed E-state index contributed by atoms with van der Waals surface area (Å²) in [6.45, 7) is 0. The maximum absolute atomic E-state index is 13.8. The van der Waals surface area contributed by atoms with E-state index in [0.717, 1.165) is 12.1 Å². The molecule has 0 amide bonds. The summed E-state index contributed by atoms with van der Waals surface area (Å²) in [5.41, 5.74) is 0.451. The lowest BCUT2D eigenvalue weighted by Crippen LogP contribution is -2.08. The summed E-state index contributed by atoms with van der Waals surface area (Å²) in [6, 6.07) is 1.84. The molecule has 0 unspecified atom stereocenters. The molecule has 6 heteroatoms. The summed E-state index contributed by atoms with van der Waals surface area (Å²) in [5, 5.41) is 2.77. The molecule has 0 spiro atoms. The van der Waals surface area contributed by atoms with Crippen LogP contribution >= 0.6 is 0 Å². The molecule has 1 aromatic heterocycles. The molecular formula is C12H10F2N2O2. The van der Waals surface area contributed by atoms with Crippen molar-refractivity contribution in [3.05, 3.63) is 35.5 Å². The lowest BCUT2D eigenvalue weighted by atomic mass is 10.1. The van der Waals surface area contributed by atoms with Crippen molar-refractivity contribution in [1.82, 2.24) is 4.98 Å². The molecule has 0 bridgehead atoms. The second-order valence-electron chi connectivity index (χ2n) is 3.57. The average molecular weight is 252 g/mol. The van der Waals surface area contributed by atoms with E-state index in [2.05, 4.69) is 15.0 Å². The number of carbonyl (C=O) groups is 1. The number of methoxy groups -OCH3 is 1. The molecule has 1 N–H and O–H groups in total. The first kappa shape index (κ1) is 12.2. The van der Waals surface area contributed by atoms with Crippen LogP contribution in [0, 0.1) is 11.6 Å². The highest BCUT2D eigenvalue weighted by Crippen LogP contribution is 2.29. The number of hydrogen-bond donors (Lipinski definition) is 1. The van der Waals surface area contributed by atoms with Crippen molar-refractivity contribution in [2.24, 2.45) is 0 Å². The molecule has 2 aromatic rings. The van der Waals surface area contributed by atoms with E-state index in [9.17, 15) is 13.6 Å². The van der Waals surface area contributed by atoms with E-state index in [1.165, 1.54) is 20.4 Å². The highest BCUT2D eigenvalue weighted by Gasteiger charge is 2.18. The Labute approximate surface area is 102 Å². The number of rotatable bonds is 2. The first-order chi connectivity index (χ1) is 8.58. The Kier molecular flexibility index (Phi) is 3.10. The van der Waals surface area contributed by atoms with Crippen molar-refractivity contribution in [3.63, 3.8) is 0 Å². The summed E-state index contributed by atoms with van der Waals surface area (Å²) in [4.78, 5) is 15.4. The maximum Gasteiger partial charge on any atom is 0.341 e. The molecule has 0 aliphatic carbocycles. The Morgan fingerprint density at radius 3 is 2.72 bits per heavy atom. The first-order valence-electron chi connectivity index (χ1n) is 5.12. The zero-order chi connectivity index (χ0) is 13.3. The normalized spacial score (nSPS) is 10.4. The minimum atomic E-state index is -0.785. The van der Waals surface area contributed by atoms with Crippen molar-refractivity contribution >= 4 is 22.6 Å². The number of pyridine rings is 1. The lowest BCUT2D eigenvalue weighted by Gasteiger charge is -2.11. The number of halogens is 2. The minimum absolute atomic E-state index is 0.0572. The van der Waals surface area contributed by atoms with Gasteiger partial charge in [-0.3, -0.25) is 4.98 Å². The summed E-state index contributed by atoms with van der Waals surface area (Å²) < 4.78 is 31.4. The van der Waals surface area contributed by atoms with Gasteiger partial charge in [-0.05, 0) is 0 Å². The van der Waals surface area contributed by atoms with E-state index in [-0.39, 0.29) is 22.2 Å². The van der Waals surface area contributed by atoms with Gasteiger partial charge in [-0.1, -0.05) is 0 Å². The Morgan fingerprint density at radius 2 is 2.11 bits per heavy atom. The molecule has 18 heavy (non-hydrogen) atoms. The van der Waals surface area contributed by atoms with Crippen LogP contribution in [0.2, 0.25) is 0 Å². The van der Waals surface area contributed by atoms with Gasteiger partial charge < -0.3 is 10.1 Å². The molecule has 1 heterocycles. The van der Waals surface area contributed by atoms with E-state index in [1.807, 2.05) is 0 Å². The summed E-state index contributed by atoms with van der Waals surface area (Å²) in [6.07, 6.45) is 1.22. The smallest absolute Gasteiger partial charge is 0.341 e. The summed E-state index contributed by atoms with van der Waals surface area (Å²) in [7, 11) is 2.75. The molecule has 0 saturated heterocycles. The minimum Gasteiger partial charge on any atom is -0.465 e. The molecule has 0 atom stereocenters. The second-order valence-corrected chi connectivity index (χ2v) is 3.57. The van der Waals surface area contributed by atoms with Crippen LogP contribution < -0.4 is 5.32 Å². The van der Waals surface area contributed by atoms with Crippen LogP contribution in [-0.4, -0.2) is 25.1 Å². The number of carbonyl (C=O) groups excluding carboxylic acids is 1. The zero-order valence-electron chi connectivity index (χ0n) is 9.75. The van der Waals surface area contributed by atoms with Crippen molar-refractivity contribution < 1.29 is 18.3 Å². The summed E-state index contributed by atoms with van der Waals surface area (Å²) in [5.74, 6) is -2.15. The monoisotopic (exact) mass is 252 g/mol. The average Bonchev–Trinajstić information content (AvgIpc) is 2.36. The highest BCUT2D eigenvalue weighted by molar-refractivity contribution is 6.05. The number of hydrogen-bond acceptors (Lipinski definition) is 4. The van der Waals surface area contributed by atoms with Crippen LogP contribution in [0.4, 0.5) is 14.5 Å². The highest BCUT2D eigenvalue weighted by atomic mass is 19.1. The molecule has 94 valence electrons. The number of nitrogens with zero attached hydrogens (tertiary/aromatic N) is 1.